The summed E-state index contributed by atoms with van der Waals surface area (Å²) in [4.78, 5) is 5.23. The standard InChI is InChI=1S/C22H31ClN6O/c23-18-9-7-17(8-10-18)21(22-24-25-26-29(22)16-20-6-3-15-30-20)28-13-11-27(12-14-28)19-4-1-2-5-19/h7-10,19-21H,1-6,11-16H2. The molecule has 1 aromatic carbocycles. The lowest BCUT2D eigenvalue weighted by atomic mass is 10.0. The predicted molar refractivity (Wildman–Crippen MR) is 115 cm³/mol. The highest BCUT2D eigenvalue weighted by molar-refractivity contribution is 6.30. The van der Waals surface area contributed by atoms with Crippen LogP contribution in [-0.4, -0.2) is 74.9 Å². The van der Waals surface area contributed by atoms with Gasteiger partial charge in [-0.2, -0.15) is 0 Å². The summed E-state index contributed by atoms with van der Waals surface area (Å²) in [6.45, 7) is 5.83. The number of benzene rings is 1. The molecule has 5 rings (SSSR count). The summed E-state index contributed by atoms with van der Waals surface area (Å²) in [7, 11) is 0. The zero-order valence-corrected chi connectivity index (χ0v) is 18.3. The van der Waals surface area contributed by atoms with E-state index in [1.54, 1.807) is 0 Å². The molecule has 0 radical (unpaired) electrons. The number of halogens is 1. The molecule has 0 spiro atoms. The van der Waals surface area contributed by atoms with Gasteiger partial charge < -0.3 is 4.74 Å². The molecule has 0 N–H and O–H groups in total. The van der Waals surface area contributed by atoms with Crippen LogP contribution in [0.15, 0.2) is 24.3 Å². The SMILES string of the molecule is Clc1ccc(C(c2nnnn2CC2CCCO2)N2CCN(C3CCCC3)CC2)cc1. The molecule has 2 saturated heterocycles. The van der Waals surface area contributed by atoms with Gasteiger partial charge in [-0.1, -0.05) is 36.6 Å². The number of nitrogens with zero attached hydrogens (tertiary/aromatic N) is 6. The zero-order chi connectivity index (χ0) is 20.3. The average molecular weight is 431 g/mol. The van der Waals surface area contributed by atoms with Gasteiger partial charge >= 0.3 is 0 Å². The number of aromatic nitrogens is 4. The Morgan fingerprint density at radius 3 is 2.47 bits per heavy atom. The summed E-state index contributed by atoms with van der Waals surface area (Å²) < 4.78 is 7.80. The third-order valence-corrected chi connectivity index (χ3v) is 7.20. The van der Waals surface area contributed by atoms with Crippen molar-refractivity contribution in [3.05, 3.63) is 40.7 Å². The number of ether oxygens (including phenoxy) is 1. The largest absolute Gasteiger partial charge is 0.376 e. The van der Waals surface area contributed by atoms with E-state index in [0.29, 0.717) is 6.54 Å². The fourth-order valence-corrected chi connectivity index (χ4v) is 5.44. The van der Waals surface area contributed by atoms with Gasteiger partial charge in [0.1, 0.15) is 0 Å². The monoisotopic (exact) mass is 430 g/mol. The predicted octanol–water partition coefficient (Wildman–Crippen LogP) is 3.16. The van der Waals surface area contributed by atoms with Crippen molar-refractivity contribution in [2.75, 3.05) is 32.8 Å². The van der Waals surface area contributed by atoms with Crippen LogP contribution in [0.5, 0.6) is 0 Å². The van der Waals surface area contributed by atoms with E-state index in [2.05, 4.69) is 37.5 Å². The first-order chi connectivity index (χ1) is 14.8. The highest BCUT2D eigenvalue weighted by Crippen LogP contribution is 2.31. The molecule has 8 heteroatoms. The van der Waals surface area contributed by atoms with Crippen LogP contribution < -0.4 is 0 Å². The fourth-order valence-electron chi connectivity index (χ4n) is 5.32. The molecule has 2 unspecified atom stereocenters. The van der Waals surface area contributed by atoms with Crippen LogP contribution in [0.4, 0.5) is 0 Å². The second kappa shape index (κ2) is 9.30. The Hall–Kier alpha value is -1.54. The first-order valence-corrected chi connectivity index (χ1v) is 11.8. The molecule has 3 aliphatic rings. The van der Waals surface area contributed by atoms with E-state index in [4.69, 9.17) is 16.3 Å². The smallest absolute Gasteiger partial charge is 0.173 e. The van der Waals surface area contributed by atoms with Gasteiger partial charge in [-0.15, -0.1) is 5.10 Å². The van der Waals surface area contributed by atoms with Gasteiger partial charge in [0.15, 0.2) is 5.82 Å². The van der Waals surface area contributed by atoms with Crippen molar-refractivity contribution in [2.45, 2.75) is 63.3 Å². The molecule has 2 atom stereocenters. The number of piperazine rings is 1. The van der Waals surface area contributed by atoms with Crippen LogP contribution in [0, 0.1) is 0 Å². The first kappa shape index (κ1) is 20.4. The molecule has 2 aliphatic heterocycles. The Morgan fingerprint density at radius 1 is 1.00 bits per heavy atom. The molecule has 30 heavy (non-hydrogen) atoms. The van der Waals surface area contributed by atoms with Gasteiger partial charge in [-0.3, -0.25) is 9.80 Å². The quantitative estimate of drug-likeness (QED) is 0.701. The summed E-state index contributed by atoms with van der Waals surface area (Å²) in [6, 6.07) is 8.97. The Labute approximate surface area is 183 Å². The maximum absolute atomic E-state index is 6.18. The summed E-state index contributed by atoms with van der Waals surface area (Å²) in [6.07, 6.45) is 7.89. The van der Waals surface area contributed by atoms with E-state index >= 15 is 0 Å². The van der Waals surface area contributed by atoms with Crippen LogP contribution in [0.25, 0.3) is 0 Å². The lowest BCUT2D eigenvalue weighted by molar-refractivity contribution is 0.0720. The average Bonchev–Trinajstić information content (AvgIpc) is 3.54. The number of hydrogen-bond donors (Lipinski definition) is 0. The van der Waals surface area contributed by atoms with Crippen LogP contribution >= 0.6 is 11.6 Å². The molecule has 3 heterocycles. The van der Waals surface area contributed by atoms with E-state index in [-0.39, 0.29) is 12.1 Å². The van der Waals surface area contributed by atoms with E-state index in [9.17, 15) is 0 Å². The Kier molecular flexibility index (Phi) is 6.32. The number of rotatable bonds is 6. The first-order valence-electron chi connectivity index (χ1n) is 11.4. The molecule has 162 valence electrons. The maximum Gasteiger partial charge on any atom is 0.173 e. The lowest BCUT2D eigenvalue weighted by Crippen LogP contribution is -2.51. The van der Waals surface area contributed by atoms with E-state index in [0.717, 1.165) is 62.5 Å². The summed E-state index contributed by atoms with van der Waals surface area (Å²) in [5.41, 5.74) is 1.19. The minimum atomic E-state index is 0.0318. The molecule has 0 bridgehead atoms. The van der Waals surface area contributed by atoms with Crippen LogP contribution in [0.1, 0.15) is 56.0 Å². The van der Waals surface area contributed by atoms with Crippen LogP contribution in [0.3, 0.4) is 0 Å². The van der Waals surface area contributed by atoms with Gasteiger partial charge in [-0.25, -0.2) is 4.68 Å². The van der Waals surface area contributed by atoms with Crippen LogP contribution in [-0.2, 0) is 11.3 Å². The second-order valence-corrected chi connectivity index (χ2v) is 9.25. The lowest BCUT2D eigenvalue weighted by Gasteiger charge is -2.41. The van der Waals surface area contributed by atoms with Crippen LogP contribution in [0.2, 0.25) is 5.02 Å². The Morgan fingerprint density at radius 2 is 1.77 bits per heavy atom. The van der Waals surface area contributed by atoms with Crippen molar-refractivity contribution in [1.82, 2.24) is 30.0 Å². The normalized spacial score (nSPS) is 25.2. The van der Waals surface area contributed by atoms with Gasteiger partial charge in [0.2, 0.25) is 0 Å². The van der Waals surface area contributed by atoms with Gasteiger partial charge in [0.05, 0.1) is 18.7 Å². The van der Waals surface area contributed by atoms with Crippen molar-refractivity contribution >= 4 is 11.6 Å². The Bertz CT molecular complexity index is 807. The Balaban J connectivity index is 1.38. The summed E-state index contributed by atoms with van der Waals surface area (Å²) in [5.74, 6) is 0.905. The van der Waals surface area contributed by atoms with Gasteiger partial charge in [0, 0.05) is 43.9 Å². The second-order valence-electron chi connectivity index (χ2n) is 8.82. The number of hydrogen-bond acceptors (Lipinski definition) is 6. The van der Waals surface area contributed by atoms with E-state index in [1.807, 2.05) is 16.8 Å². The third-order valence-electron chi connectivity index (χ3n) is 6.95. The highest BCUT2D eigenvalue weighted by atomic mass is 35.5. The van der Waals surface area contributed by atoms with Gasteiger partial charge in [0.25, 0.3) is 0 Å². The minimum Gasteiger partial charge on any atom is -0.376 e. The molecular formula is C22H31ClN6O. The van der Waals surface area contributed by atoms with E-state index < -0.39 is 0 Å². The van der Waals surface area contributed by atoms with Crippen molar-refractivity contribution in [3.63, 3.8) is 0 Å². The molecular weight excluding hydrogens is 400 g/mol. The summed E-state index contributed by atoms with van der Waals surface area (Å²) >= 11 is 6.18. The molecule has 0 amide bonds. The molecule has 7 nitrogen and oxygen atoms in total. The number of tetrazole rings is 1. The van der Waals surface area contributed by atoms with Gasteiger partial charge in [-0.05, 0) is 53.8 Å². The fraction of sp³-hybridized carbons (Fsp3) is 0.682. The molecule has 3 fully saturated rings. The molecule has 1 aromatic heterocycles. The molecule has 1 saturated carbocycles. The third kappa shape index (κ3) is 4.40. The maximum atomic E-state index is 6.18. The van der Waals surface area contributed by atoms with Crippen molar-refractivity contribution in [3.8, 4) is 0 Å². The minimum absolute atomic E-state index is 0.0318. The molecule has 2 aromatic rings. The van der Waals surface area contributed by atoms with Crippen molar-refractivity contribution in [1.29, 1.82) is 0 Å². The molecule has 1 aliphatic carbocycles. The highest BCUT2D eigenvalue weighted by Gasteiger charge is 2.33. The zero-order valence-electron chi connectivity index (χ0n) is 17.5. The van der Waals surface area contributed by atoms with Crippen molar-refractivity contribution in [2.24, 2.45) is 0 Å². The van der Waals surface area contributed by atoms with Crippen molar-refractivity contribution < 1.29 is 4.74 Å². The summed E-state index contributed by atoms with van der Waals surface area (Å²) in [5, 5.41) is 13.6. The topological polar surface area (TPSA) is 59.3 Å². The van der Waals surface area contributed by atoms with E-state index in [1.165, 1.54) is 31.2 Å².